The largest absolute Gasteiger partial charge is 0.380 e. The minimum absolute atomic E-state index is 0.159. The molecule has 0 bridgehead atoms. The molecule has 2 aromatic rings. The number of carbonyl (C=O) groups excluding carboxylic acids is 1. The molecule has 1 aliphatic carbocycles. The van der Waals surface area contributed by atoms with Crippen LogP contribution in [0.2, 0.25) is 0 Å². The van der Waals surface area contributed by atoms with Gasteiger partial charge in [-0.15, -0.1) is 0 Å². The summed E-state index contributed by atoms with van der Waals surface area (Å²) < 4.78 is 5.15. The number of rotatable bonds is 7. The number of methoxy groups -OCH3 is 1. The Morgan fingerprint density at radius 2 is 1.68 bits per heavy atom. The van der Waals surface area contributed by atoms with Crippen molar-refractivity contribution in [2.45, 2.75) is 44.8 Å². The van der Waals surface area contributed by atoms with E-state index in [9.17, 15) is 4.79 Å². The van der Waals surface area contributed by atoms with Crippen molar-refractivity contribution in [2.75, 3.05) is 13.7 Å². The zero-order chi connectivity index (χ0) is 17.5. The van der Waals surface area contributed by atoms with E-state index < -0.39 is 0 Å². The molecule has 0 radical (unpaired) electrons. The summed E-state index contributed by atoms with van der Waals surface area (Å²) in [6.07, 6.45) is 5.62. The molecule has 0 spiro atoms. The van der Waals surface area contributed by atoms with Crippen LogP contribution >= 0.6 is 0 Å². The normalized spacial score (nSPS) is 14.6. The summed E-state index contributed by atoms with van der Waals surface area (Å²) in [5.41, 5.74) is 3.16. The van der Waals surface area contributed by atoms with Gasteiger partial charge >= 0.3 is 0 Å². The van der Waals surface area contributed by atoms with Crippen molar-refractivity contribution in [3.63, 3.8) is 0 Å². The van der Waals surface area contributed by atoms with Gasteiger partial charge in [0.25, 0.3) is 5.91 Å². The molecule has 0 N–H and O–H groups in total. The number of hydrogen-bond acceptors (Lipinski definition) is 2. The van der Waals surface area contributed by atoms with Crippen LogP contribution < -0.4 is 0 Å². The molecule has 3 rings (SSSR count). The molecule has 0 atom stereocenters. The highest BCUT2D eigenvalue weighted by molar-refractivity contribution is 5.94. The summed E-state index contributed by atoms with van der Waals surface area (Å²) >= 11 is 0. The Kier molecular flexibility index (Phi) is 6.24. The molecule has 1 saturated carbocycles. The maximum absolute atomic E-state index is 13.1. The van der Waals surface area contributed by atoms with E-state index in [0.717, 1.165) is 36.9 Å². The van der Waals surface area contributed by atoms with Gasteiger partial charge in [-0.1, -0.05) is 55.3 Å². The van der Waals surface area contributed by atoms with E-state index in [1.165, 1.54) is 18.4 Å². The molecule has 0 heterocycles. The number of ether oxygens (including phenoxy) is 1. The van der Waals surface area contributed by atoms with Crippen molar-refractivity contribution in [1.82, 2.24) is 4.90 Å². The highest BCUT2D eigenvalue weighted by Gasteiger charge is 2.27. The number of amides is 1. The van der Waals surface area contributed by atoms with Crippen molar-refractivity contribution < 1.29 is 9.53 Å². The van der Waals surface area contributed by atoms with E-state index in [1.54, 1.807) is 7.11 Å². The Morgan fingerprint density at radius 1 is 1.00 bits per heavy atom. The third kappa shape index (κ3) is 4.70. The van der Waals surface area contributed by atoms with Crippen LogP contribution in [0.3, 0.4) is 0 Å². The second-order valence-corrected chi connectivity index (χ2v) is 6.80. The lowest BCUT2D eigenvalue weighted by Crippen LogP contribution is -2.40. The van der Waals surface area contributed by atoms with E-state index in [1.807, 2.05) is 30.3 Å². The predicted octanol–water partition coefficient (Wildman–Crippen LogP) is 4.46. The van der Waals surface area contributed by atoms with E-state index >= 15 is 0 Å². The summed E-state index contributed by atoms with van der Waals surface area (Å²) in [6.45, 7) is 1.36. The van der Waals surface area contributed by atoms with Crippen LogP contribution in [0, 0.1) is 0 Å². The van der Waals surface area contributed by atoms with E-state index in [2.05, 4.69) is 29.2 Å². The van der Waals surface area contributed by atoms with Crippen molar-refractivity contribution >= 4 is 5.91 Å². The zero-order valence-electron chi connectivity index (χ0n) is 15.0. The quantitative estimate of drug-likeness (QED) is 0.746. The Labute approximate surface area is 150 Å². The lowest BCUT2D eigenvalue weighted by atomic mass is 10.1. The monoisotopic (exact) mass is 337 g/mol. The molecule has 2 aromatic carbocycles. The molecule has 3 nitrogen and oxygen atoms in total. The minimum Gasteiger partial charge on any atom is -0.380 e. The lowest BCUT2D eigenvalue weighted by Gasteiger charge is -2.29. The zero-order valence-corrected chi connectivity index (χ0v) is 15.0. The van der Waals surface area contributed by atoms with Crippen molar-refractivity contribution in [3.8, 4) is 0 Å². The molecule has 1 aliphatic rings. The van der Waals surface area contributed by atoms with Crippen LogP contribution in [0.4, 0.5) is 0 Å². The van der Waals surface area contributed by atoms with E-state index in [-0.39, 0.29) is 5.91 Å². The topological polar surface area (TPSA) is 29.5 Å². The van der Waals surface area contributed by atoms with E-state index in [0.29, 0.717) is 12.6 Å². The summed E-state index contributed by atoms with van der Waals surface area (Å²) in [5, 5.41) is 0. The maximum atomic E-state index is 13.1. The molecular weight excluding hydrogens is 310 g/mol. The third-order valence-corrected chi connectivity index (χ3v) is 5.02. The number of carbonyl (C=O) groups is 1. The molecule has 1 amide bonds. The molecule has 25 heavy (non-hydrogen) atoms. The Morgan fingerprint density at radius 3 is 2.32 bits per heavy atom. The van der Waals surface area contributed by atoms with Gasteiger partial charge in [-0.2, -0.15) is 0 Å². The van der Waals surface area contributed by atoms with Crippen LogP contribution in [-0.4, -0.2) is 30.5 Å². The van der Waals surface area contributed by atoms with Crippen LogP contribution in [-0.2, 0) is 17.8 Å². The fourth-order valence-electron chi connectivity index (χ4n) is 3.64. The third-order valence-electron chi connectivity index (χ3n) is 5.02. The van der Waals surface area contributed by atoms with Crippen molar-refractivity contribution in [1.29, 1.82) is 0 Å². The number of benzene rings is 2. The summed E-state index contributed by atoms with van der Waals surface area (Å²) in [4.78, 5) is 15.2. The van der Waals surface area contributed by atoms with Crippen molar-refractivity contribution in [3.05, 3.63) is 71.3 Å². The average molecular weight is 337 g/mol. The highest BCUT2D eigenvalue weighted by atomic mass is 16.5. The Bertz CT molecular complexity index is 660. The first kappa shape index (κ1) is 17.7. The second-order valence-electron chi connectivity index (χ2n) is 6.80. The molecule has 132 valence electrons. The minimum atomic E-state index is 0.159. The summed E-state index contributed by atoms with van der Waals surface area (Å²) in [6, 6.07) is 18.6. The van der Waals surface area contributed by atoms with Crippen LogP contribution in [0.15, 0.2) is 54.6 Å². The molecule has 0 saturated heterocycles. The fourth-order valence-corrected chi connectivity index (χ4v) is 3.64. The highest BCUT2D eigenvalue weighted by Crippen LogP contribution is 2.25. The smallest absolute Gasteiger partial charge is 0.254 e. The van der Waals surface area contributed by atoms with Gasteiger partial charge in [-0.25, -0.2) is 0 Å². The van der Waals surface area contributed by atoms with Gasteiger partial charge in [0.2, 0.25) is 0 Å². The van der Waals surface area contributed by atoms with Gasteiger partial charge in [0.05, 0.1) is 6.61 Å². The van der Waals surface area contributed by atoms with Crippen LogP contribution in [0.5, 0.6) is 0 Å². The first-order valence-electron chi connectivity index (χ1n) is 9.20. The van der Waals surface area contributed by atoms with Gasteiger partial charge in [-0.3, -0.25) is 4.79 Å². The Balaban J connectivity index is 1.72. The van der Waals surface area contributed by atoms with Gasteiger partial charge in [0.15, 0.2) is 0 Å². The molecule has 0 aliphatic heterocycles. The van der Waals surface area contributed by atoms with E-state index in [4.69, 9.17) is 4.74 Å². The Hall–Kier alpha value is -2.13. The van der Waals surface area contributed by atoms with Gasteiger partial charge in [-0.05, 0) is 42.5 Å². The van der Waals surface area contributed by atoms with Crippen LogP contribution in [0.25, 0.3) is 0 Å². The molecule has 0 aromatic heterocycles. The number of hydrogen-bond donors (Lipinski definition) is 0. The van der Waals surface area contributed by atoms with Gasteiger partial charge in [0.1, 0.15) is 0 Å². The summed E-state index contributed by atoms with van der Waals surface area (Å²) in [5.74, 6) is 0.159. The van der Waals surface area contributed by atoms with Gasteiger partial charge < -0.3 is 9.64 Å². The lowest BCUT2D eigenvalue weighted by molar-refractivity contribution is 0.0684. The van der Waals surface area contributed by atoms with Crippen LogP contribution in [0.1, 0.15) is 47.2 Å². The molecular formula is C22H27NO2. The number of nitrogens with zero attached hydrogens (tertiary/aromatic N) is 1. The van der Waals surface area contributed by atoms with Crippen molar-refractivity contribution in [2.24, 2.45) is 0 Å². The first-order chi connectivity index (χ1) is 12.3. The molecule has 3 heteroatoms. The first-order valence-corrected chi connectivity index (χ1v) is 9.20. The standard InChI is InChI=1S/C22H27NO2/c1-25-17-19-11-13-20(14-12-19)22(24)23(21-9-5-6-10-21)16-15-18-7-3-2-4-8-18/h2-4,7-8,11-14,21H,5-6,9-10,15-17H2,1H3. The fraction of sp³-hybridized carbons (Fsp3) is 0.409. The molecule has 0 unspecified atom stereocenters. The molecule has 1 fully saturated rings. The average Bonchev–Trinajstić information content (AvgIpc) is 3.18. The predicted molar refractivity (Wildman–Crippen MR) is 101 cm³/mol. The second kappa shape index (κ2) is 8.82. The SMILES string of the molecule is COCc1ccc(C(=O)N(CCc2ccccc2)C2CCCC2)cc1. The summed E-state index contributed by atoms with van der Waals surface area (Å²) in [7, 11) is 1.68. The maximum Gasteiger partial charge on any atom is 0.254 e. The van der Waals surface area contributed by atoms with Gasteiger partial charge in [0, 0.05) is 25.3 Å².